The van der Waals surface area contributed by atoms with Crippen molar-refractivity contribution in [3.63, 3.8) is 0 Å². The van der Waals surface area contributed by atoms with Crippen LogP contribution in [0.25, 0.3) is 33.5 Å². The number of tetrazole rings is 1. The fraction of sp³-hybridized carbons (Fsp3) is 0.0833. The van der Waals surface area contributed by atoms with Gasteiger partial charge in [-0.25, -0.2) is 4.98 Å². The van der Waals surface area contributed by atoms with Gasteiger partial charge in [0.25, 0.3) is 0 Å². The van der Waals surface area contributed by atoms with Crippen molar-refractivity contribution in [2.75, 3.05) is 0 Å². The van der Waals surface area contributed by atoms with Gasteiger partial charge in [0.1, 0.15) is 23.6 Å². The van der Waals surface area contributed by atoms with Crippen LogP contribution < -0.4 is 9.47 Å². The van der Waals surface area contributed by atoms with E-state index < -0.39 is 5.54 Å². The molecule has 0 N–H and O–H groups in total. The Bertz CT molecular complexity index is 2650. The molecule has 5 aromatic carbocycles. The SMILES string of the molecule is CCc1cc(OCc2ccc(-c3ccccc3)c(-c3nnn(C(c4ccccc4)(c4ccccc4)c4ccccc4)n3)c2)c2nc(Oc3cccnc3)ccc2n1. The van der Waals surface area contributed by atoms with Gasteiger partial charge in [0.15, 0.2) is 5.54 Å². The summed E-state index contributed by atoms with van der Waals surface area (Å²) >= 11 is 0. The molecule has 0 spiro atoms. The van der Waals surface area contributed by atoms with Gasteiger partial charge in [-0.2, -0.15) is 0 Å². The lowest BCUT2D eigenvalue weighted by molar-refractivity contribution is 0.308. The first-order valence-corrected chi connectivity index (χ1v) is 18.9. The standard InChI is InChI=1S/C48H37N7O2/c1-2-39-31-44(46-43(50-39)27-28-45(51-46)57-40-24-15-29-49-32-40)56-33-34-25-26-41(35-16-7-3-8-17-35)42(30-34)47-52-54-55(53-47)48(36-18-9-4-10-19-36,37-20-11-5-12-21-37)38-22-13-6-14-23-38/h3-32H,2,33H2,1H3. The lowest BCUT2D eigenvalue weighted by Crippen LogP contribution is -2.39. The molecule has 0 saturated carbocycles. The molecule has 0 aliphatic carbocycles. The first-order chi connectivity index (χ1) is 28.2. The van der Waals surface area contributed by atoms with Crippen LogP contribution in [-0.4, -0.2) is 35.2 Å². The summed E-state index contributed by atoms with van der Waals surface area (Å²) in [5.74, 6) is 2.12. The maximum Gasteiger partial charge on any atom is 0.220 e. The molecule has 57 heavy (non-hydrogen) atoms. The van der Waals surface area contributed by atoms with E-state index in [0.29, 0.717) is 28.7 Å². The summed E-state index contributed by atoms with van der Waals surface area (Å²) in [7, 11) is 0. The third-order valence-electron chi connectivity index (χ3n) is 9.95. The summed E-state index contributed by atoms with van der Waals surface area (Å²) in [5.41, 5.74) is 8.12. The fourth-order valence-corrected chi connectivity index (χ4v) is 7.23. The van der Waals surface area contributed by atoms with Crippen molar-refractivity contribution in [3.8, 4) is 39.9 Å². The highest BCUT2D eigenvalue weighted by Crippen LogP contribution is 2.41. The number of nitrogens with zero attached hydrogens (tertiary/aromatic N) is 7. The van der Waals surface area contributed by atoms with E-state index in [0.717, 1.165) is 56.6 Å². The van der Waals surface area contributed by atoms with Crippen LogP contribution in [0.5, 0.6) is 17.4 Å². The van der Waals surface area contributed by atoms with Crippen molar-refractivity contribution in [2.24, 2.45) is 0 Å². The summed E-state index contributed by atoms with van der Waals surface area (Å²) < 4.78 is 12.6. The number of rotatable bonds is 12. The molecule has 0 radical (unpaired) electrons. The molecular formula is C48H37N7O2. The molecule has 0 aliphatic heterocycles. The topological polar surface area (TPSA) is 101 Å². The molecule has 9 nitrogen and oxygen atoms in total. The molecule has 4 heterocycles. The maximum atomic E-state index is 6.59. The molecule has 0 bridgehead atoms. The number of ether oxygens (including phenoxy) is 2. The minimum atomic E-state index is -0.908. The molecule has 4 aromatic heterocycles. The fourth-order valence-electron chi connectivity index (χ4n) is 7.23. The maximum absolute atomic E-state index is 6.59. The van der Waals surface area contributed by atoms with Gasteiger partial charge >= 0.3 is 0 Å². The summed E-state index contributed by atoms with van der Waals surface area (Å²) in [4.78, 5) is 15.5. The molecule has 9 rings (SSSR count). The van der Waals surface area contributed by atoms with E-state index >= 15 is 0 Å². The molecule has 9 heteroatoms. The lowest BCUT2D eigenvalue weighted by atomic mass is 9.77. The van der Waals surface area contributed by atoms with Crippen molar-refractivity contribution < 1.29 is 9.47 Å². The van der Waals surface area contributed by atoms with Crippen LogP contribution in [0.3, 0.4) is 0 Å². The van der Waals surface area contributed by atoms with Gasteiger partial charge in [0.2, 0.25) is 11.7 Å². The highest BCUT2D eigenvalue weighted by molar-refractivity contribution is 5.82. The zero-order valence-corrected chi connectivity index (χ0v) is 31.2. The van der Waals surface area contributed by atoms with Crippen molar-refractivity contribution in [1.29, 1.82) is 0 Å². The first-order valence-electron chi connectivity index (χ1n) is 18.9. The van der Waals surface area contributed by atoms with E-state index in [9.17, 15) is 0 Å². The molecule has 0 atom stereocenters. The van der Waals surface area contributed by atoms with Crippen LogP contribution in [0, 0.1) is 0 Å². The number of pyridine rings is 3. The molecule has 0 saturated heterocycles. The number of hydrogen-bond acceptors (Lipinski definition) is 8. The average Bonchev–Trinajstić information content (AvgIpc) is 3.78. The second kappa shape index (κ2) is 15.7. The second-order valence-corrected chi connectivity index (χ2v) is 13.5. The number of hydrogen-bond donors (Lipinski definition) is 0. The molecule has 276 valence electrons. The minimum Gasteiger partial charge on any atom is -0.486 e. The molecule has 9 aromatic rings. The van der Waals surface area contributed by atoms with Gasteiger partial charge in [-0.05, 0) is 69.3 Å². The third-order valence-corrected chi connectivity index (χ3v) is 9.95. The summed E-state index contributed by atoms with van der Waals surface area (Å²) in [5, 5.41) is 14.9. The van der Waals surface area contributed by atoms with Crippen LogP contribution in [0.1, 0.15) is 34.9 Å². The Morgan fingerprint density at radius 1 is 0.632 bits per heavy atom. The van der Waals surface area contributed by atoms with E-state index in [-0.39, 0.29) is 6.61 Å². The summed E-state index contributed by atoms with van der Waals surface area (Å²) in [6, 6.07) is 56.9. The van der Waals surface area contributed by atoms with Gasteiger partial charge in [-0.3, -0.25) is 9.97 Å². The number of fused-ring (bicyclic) bond motifs is 1. The van der Waals surface area contributed by atoms with E-state index in [1.54, 1.807) is 17.2 Å². The van der Waals surface area contributed by atoms with Crippen molar-refractivity contribution in [2.45, 2.75) is 25.5 Å². The van der Waals surface area contributed by atoms with Gasteiger partial charge < -0.3 is 9.47 Å². The second-order valence-electron chi connectivity index (χ2n) is 13.5. The minimum absolute atomic E-state index is 0.260. The van der Waals surface area contributed by atoms with E-state index in [1.165, 1.54) is 0 Å². The van der Waals surface area contributed by atoms with Gasteiger partial charge in [-0.15, -0.1) is 15.0 Å². The number of aromatic nitrogens is 7. The Kier molecular flexibility index (Phi) is 9.68. The van der Waals surface area contributed by atoms with Gasteiger partial charge in [-0.1, -0.05) is 140 Å². The Morgan fingerprint density at radius 3 is 1.93 bits per heavy atom. The van der Waals surface area contributed by atoms with Crippen molar-refractivity contribution in [1.82, 2.24) is 35.2 Å². The normalized spacial score (nSPS) is 11.4. The molecule has 0 aliphatic rings. The van der Waals surface area contributed by atoms with E-state index in [1.807, 2.05) is 103 Å². The van der Waals surface area contributed by atoms with Crippen LogP contribution in [-0.2, 0) is 18.6 Å². The Hall–Kier alpha value is -7.52. The monoisotopic (exact) mass is 743 g/mol. The van der Waals surface area contributed by atoms with Gasteiger partial charge in [0, 0.05) is 29.6 Å². The van der Waals surface area contributed by atoms with E-state index in [4.69, 9.17) is 34.9 Å². The highest BCUT2D eigenvalue weighted by Gasteiger charge is 2.41. The number of benzene rings is 5. The molecular weight excluding hydrogens is 707 g/mol. The van der Waals surface area contributed by atoms with Gasteiger partial charge in [0.05, 0.1) is 11.7 Å². The largest absolute Gasteiger partial charge is 0.486 e. The predicted octanol–water partition coefficient (Wildman–Crippen LogP) is 10.1. The lowest BCUT2D eigenvalue weighted by Gasteiger charge is -2.34. The average molecular weight is 744 g/mol. The molecule has 0 unspecified atom stereocenters. The van der Waals surface area contributed by atoms with Crippen LogP contribution in [0.2, 0.25) is 0 Å². The van der Waals surface area contributed by atoms with Crippen LogP contribution >= 0.6 is 0 Å². The highest BCUT2D eigenvalue weighted by atomic mass is 16.5. The van der Waals surface area contributed by atoms with Crippen LogP contribution in [0.15, 0.2) is 182 Å². The van der Waals surface area contributed by atoms with E-state index in [2.05, 4.69) is 78.6 Å². The zero-order valence-electron chi connectivity index (χ0n) is 31.2. The molecule has 0 amide bonds. The molecule has 0 fully saturated rings. The zero-order chi connectivity index (χ0) is 38.4. The first kappa shape index (κ1) is 35.2. The number of aryl methyl sites for hydroxylation is 1. The summed E-state index contributed by atoms with van der Waals surface area (Å²) in [6.07, 6.45) is 4.09. The van der Waals surface area contributed by atoms with Crippen LogP contribution in [0.4, 0.5) is 0 Å². The smallest absolute Gasteiger partial charge is 0.220 e. The Labute approximate surface area is 330 Å². The van der Waals surface area contributed by atoms with Crippen molar-refractivity contribution in [3.05, 3.63) is 210 Å². The predicted molar refractivity (Wildman–Crippen MR) is 221 cm³/mol. The third kappa shape index (κ3) is 6.98. The summed E-state index contributed by atoms with van der Waals surface area (Å²) in [6.45, 7) is 2.33. The Balaban J connectivity index is 1.13. The quantitative estimate of drug-likeness (QED) is 0.114. The Morgan fingerprint density at radius 2 is 1.30 bits per heavy atom. The van der Waals surface area contributed by atoms with Crippen molar-refractivity contribution >= 4 is 11.0 Å².